The fraction of sp³-hybridized carbons (Fsp3) is 0.105. The van der Waals surface area contributed by atoms with Crippen molar-refractivity contribution >= 4 is 34.8 Å². The number of amides is 1. The van der Waals surface area contributed by atoms with Crippen LogP contribution in [0, 0.1) is 6.92 Å². The molecule has 3 aromatic rings. The van der Waals surface area contributed by atoms with Crippen LogP contribution in [-0.2, 0) is 11.2 Å². The quantitative estimate of drug-likeness (QED) is 0.721. The molecule has 2 N–H and O–H groups in total. The number of rotatable bonds is 2. The third-order valence-corrected chi connectivity index (χ3v) is 4.36. The summed E-state index contributed by atoms with van der Waals surface area (Å²) in [7, 11) is 0. The van der Waals surface area contributed by atoms with Crippen molar-refractivity contribution in [3.8, 4) is 11.3 Å². The summed E-state index contributed by atoms with van der Waals surface area (Å²) >= 11 is 6.28. The third kappa shape index (κ3) is 3.06. The third-order valence-electron chi connectivity index (χ3n) is 4.04. The molecule has 25 heavy (non-hydrogen) atoms. The molecule has 4 rings (SSSR count). The van der Waals surface area contributed by atoms with E-state index >= 15 is 0 Å². The summed E-state index contributed by atoms with van der Waals surface area (Å²) in [5.74, 6) is 0.366. The zero-order valence-electron chi connectivity index (χ0n) is 13.5. The molecule has 0 aliphatic carbocycles. The SMILES string of the molecule is Cc1ccc(Nc2ncc3c(n2)-c2ccccc2NC(=O)C3)c(Cl)c1. The van der Waals surface area contributed by atoms with Gasteiger partial charge in [-0.3, -0.25) is 4.79 Å². The van der Waals surface area contributed by atoms with Crippen LogP contribution in [0.25, 0.3) is 11.3 Å². The van der Waals surface area contributed by atoms with Crippen molar-refractivity contribution in [1.29, 1.82) is 0 Å². The molecule has 0 radical (unpaired) electrons. The number of aromatic nitrogens is 2. The number of carbonyl (C=O) groups excluding carboxylic acids is 1. The molecular weight excluding hydrogens is 336 g/mol. The van der Waals surface area contributed by atoms with Gasteiger partial charge in [0, 0.05) is 17.3 Å². The van der Waals surface area contributed by atoms with Crippen LogP contribution in [-0.4, -0.2) is 15.9 Å². The first-order valence-electron chi connectivity index (χ1n) is 7.88. The zero-order chi connectivity index (χ0) is 17.4. The van der Waals surface area contributed by atoms with Gasteiger partial charge in [-0.05, 0) is 30.7 Å². The maximum absolute atomic E-state index is 12.1. The van der Waals surface area contributed by atoms with Gasteiger partial charge in [0.15, 0.2) is 0 Å². The van der Waals surface area contributed by atoms with Gasteiger partial charge in [-0.15, -0.1) is 0 Å². The largest absolute Gasteiger partial charge is 0.325 e. The normalized spacial score (nSPS) is 12.6. The monoisotopic (exact) mass is 350 g/mol. The van der Waals surface area contributed by atoms with Crippen molar-refractivity contribution in [1.82, 2.24) is 9.97 Å². The van der Waals surface area contributed by atoms with E-state index in [-0.39, 0.29) is 12.3 Å². The minimum absolute atomic E-state index is 0.0721. The van der Waals surface area contributed by atoms with Gasteiger partial charge in [0.2, 0.25) is 11.9 Å². The molecule has 2 aromatic carbocycles. The van der Waals surface area contributed by atoms with Gasteiger partial charge in [-0.1, -0.05) is 35.9 Å². The Morgan fingerprint density at radius 3 is 2.88 bits per heavy atom. The van der Waals surface area contributed by atoms with Crippen LogP contribution in [0.15, 0.2) is 48.7 Å². The Morgan fingerprint density at radius 2 is 2.04 bits per heavy atom. The second-order valence-corrected chi connectivity index (χ2v) is 6.35. The van der Waals surface area contributed by atoms with Crippen LogP contribution in [0.4, 0.5) is 17.3 Å². The topological polar surface area (TPSA) is 66.9 Å². The standard InChI is InChI=1S/C19H15ClN4O/c1-11-6-7-16(14(20)8-11)23-19-21-10-12-9-17(25)22-15-5-3-2-4-13(15)18(12)24-19/h2-8,10H,9H2,1H3,(H,22,25)(H,21,23,24). The van der Waals surface area contributed by atoms with Crippen molar-refractivity contribution < 1.29 is 4.79 Å². The maximum atomic E-state index is 12.1. The number of nitrogens with one attached hydrogen (secondary N) is 2. The van der Waals surface area contributed by atoms with Gasteiger partial charge < -0.3 is 10.6 Å². The second kappa shape index (κ2) is 6.18. The first-order chi connectivity index (χ1) is 12.1. The number of para-hydroxylation sites is 1. The molecule has 1 aromatic heterocycles. The number of carbonyl (C=O) groups is 1. The number of anilines is 3. The molecule has 2 heterocycles. The fourth-order valence-corrected chi connectivity index (χ4v) is 3.12. The first kappa shape index (κ1) is 15.6. The number of hydrogen-bond donors (Lipinski definition) is 2. The Bertz CT molecular complexity index is 987. The van der Waals surface area contributed by atoms with Crippen LogP contribution < -0.4 is 10.6 Å². The van der Waals surface area contributed by atoms with E-state index in [0.29, 0.717) is 11.0 Å². The molecule has 0 saturated carbocycles. The van der Waals surface area contributed by atoms with Gasteiger partial charge in [-0.25, -0.2) is 9.97 Å². The molecule has 1 aliphatic rings. The van der Waals surface area contributed by atoms with Crippen molar-refractivity contribution in [2.24, 2.45) is 0 Å². The summed E-state index contributed by atoms with van der Waals surface area (Å²) in [5.41, 5.74) is 4.99. The van der Waals surface area contributed by atoms with E-state index in [2.05, 4.69) is 20.6 Å². The average molecular weight is 351 g/mol. The molecule has 0 atom stereocenters. The number of hydrogen-bond acceptors (Lipinski definition) is 4. The van der Waals surface area contributed by atoms with Gasteiger partial charge in [0.05, 0.1) is 28.5 Å². The molecule has 0 spiro atoms. The smallest absolute Gasteiger partial charge is 0.228 e. The van der Waals surface area contributed by atoms with E-state index in [4.69, 9.17) is 11.6 Å². The Kier molecular flexibility index (Phi) is 3.86. The van der Waals surface area contributed by atoms with Crippen molar-refractivity contribution in [3.63, 3.8) is 0 Å². The minimum Gasteiger partial charge on any atom is -0.325 e. The highest BCUT2D eigenvalue weighted by molar-refractivity contribution is 6.33. The lowest BCUT2D eigenvalue weighted by Crippen LogP contribution is -2.12. The predicted octanol–water partition coefficient (Wildman–Crippen LogP) is 4.34. The number of nitrogens with zero attached hydrogens (tertiary/aromatic N) is 2. The molecule has 0 bridgehead atoms. The lowest BCUT2D eigenvalue weighted by atomic mass is 10.1. The van der Waals surface area contributed by atoms with E-state index < -0.39 is 0 Å². The highest BCUT2D eigenvalue weighted by Crippen LogP contribution is 2.33. The molecule has 1 aliphatic heterocycles. The van der Waals surface area contributed by atoms with Crippen LogP contribution in [0.1, 0.15) is 11.1 Å². The van der Waals surface area contributed by atoms with Crippen LogP contribution in [0.3, 0.4) is 0 Å². The maximum Gasteiger partial charge on any atom is 0.228 e. The second-order valence-electron chi connectivity index (χ2n) is 5.95. The summed E-state index contributed by atoms with van der Waals surface area (Å²) in [5, 5.41) is 6.67. The molecule has 0 unspecified atom stereocenters. The van der Waals surface area contributed by atoms with Crippen molar-refractivity contribution in [2.45, 2.75) is 13.3 Å². The molecule has 0 fully saturated rings. The fourth-order valence-electron chi connectivity index (χ4n) is 2.84. The highest BCUT2D eigenvalue weighted by Gasteiger charge is 2.20. The Morgan fingerprint density at radius 1 is 1.20 bits per heavy atom. The Labute approximate surface area is 150 Å². The predicted molar refractivity (Wildman–Crippen MR) is 99.3 cm³/mol. The van der Waals surface area contributed by atoms with E-state index in [0.717, 1.165) is 33.8 Å². The summed E-state index contributed by atoms with van der Waals surface area (Å²) in [6, 6.07) is 13.4. The van der Waals surface area contributed by atoms with Crippen molar-refractivity contribution in [3.05, 3.63) is 64.8 Å². The zero-order valence-corrected chi connectivity index (χ0v) is 14.3. The minimum atomic E-state index is -0.0721. The number of halogens is 1. The van der Waals surface area contributed by atoms with Crippen LogP contribution >= 0.6 is 11.6 Å². The molecule has 1 amide bonds. The Balaban J connectivity index is 1.77. The first-order valence-corrected chi connectivity index (χ1v) is 8.26. The summed E-state index contributed by atoms with van der Waals surface area (Å²) < 4.78 is 0. The van der Waals surface area contributed by atoms with E-state index in [1.807, 2.05) is 49.4 Å². The van der Waals surface area contributed by atoms with Gasteiger partial charge in [0.1, 0.15) is 0 Å². The van der Waals surface area contributed by atoms with Crippen molar-refractivity contribution in [2.75, 3.05) is 10.6 Å². The van der Waals surface area contributed by atoms with Gasteiger partial charge in [0.25, 0.3) is 0 Å². The molecule has 124 valence electrons. The average Bonchev–Trinajstić information content (AvgIpc) is 2.73. The Hall–Kier alpha value is -2.92. The summed E-state index contributed by atoms with van der Waals surface area (Å²) in [6.07, 6.45) is 1.93. The lowest BCUT2D eigenvalue weighted by Gasteiger charge is -2.11. The highest BCUT2D eigenvalue weighted by atomic mass is 35.5. The van der Waals surface area contributed by atoms with E-state index in [1.54, 1.807) is 6.20 Å². The van der Waals surface area contributed by atoms with Gasteiger partial charge >= 0.3 is 0 Å². The molecule has 5 nitrogen and oxygen atoms in total. The number of aryl methyl sites for hydroxylation is 1. The molecule has 6 heteroatoms. The summed E-state index contributed by atoms with van der Waals surface area (Å²) in [4.78, 5) is 21.0. The van der Waals surface area contributed by atoms with E-state index in [1.165, 1.54) is 0 Å². The van der Waals surface area contributed by atoms with E-state index in [9.17, 15) is 4.79 Å². The number of benzene rings is 2. The van der Waals surface area contributed by atoms with Crippen LogP contribution in [0.5, 0.6) is 0 Å². The van der Waals surface area contributed by atoms with Crippen LogP contribution in [0.2, 0.25) is 5.02 Å². The molecule has 0 saturated heterocycles. The lowest BCUT2D eigenvalue weighted by molar-refractivity contribution is -0.115. The number of fused-ring (bicyclic) bond motifs is 3. The van der Waals surface area contributed by atoms with Gasteiger partial charge in [-0.2, -0.15) is 0 Å². The summed E-state index contributed by atoms with van der Waals surface area (Å²) in [6.45, 7) is 1.98. The molecular formula is C19H15ClN4O.